The smallest absolute Gasteiger partial charge is 0.0420 e. The summed E-state index contributed by atoms with van der Waals surface area (Å²) in [4.78, 5) is 0. The van der Waals surface area contributed by atoms with Crippen LogP contribution in [0.5, 0.6) is 0 Å². The molecule has 61 valence electrons. The third-order valence-electron chi connectivity index (χ3n) is 2.25. The minimum Gasteiger partial charge on any atom is -0.0625 e. The molecule has 0 aliphatic rings. The fourth-order valence-corrected chi connectivity index (χ4v) is 0.881. The molecular formula is C10H21. The monoisotopic (exact) mass is 141 g/mol. The predicted octanol–water partition coefficient (Wildman–Crippen LogP) is 3.53. The Morgan fingerprint density at radius 2 is 1.50 bits per heavy atom. The summed E-state index contributed by atoms with van der Waals surface area (Å²) >= 11 is 0. The zero-order valence-electron chi connectivity index (χ0n) is 7.85. The van der Waals surface area contributed by atoms with Crippen molar-refractivity contribution in [2.45, 2.75) is 40.5 Å². The van der Waals surface area contributed by atoms with Gasteiger partial charge < -0.3 is 0 Å². The maximum absolute atomic E-state index is 3.97. The second kappa shape index (κ2) is 4.76. The summed E-state index contributed by atoms with van der Waals surface area (Å²) in [6.07, 6.45) is 2.61. The van der Waals surface area contributed by atoms with E-state index in [0.717, 1.165) is 11.8 Å². The van der Waals surface area contributed by atoms with Gasteiger partial charge >= 0.3 is 0 Å². The van der Waals surface area contributed by atoms with Crippen LogP contribution < -0.4 is 0 Å². The molecule has 0 aliphatic carbocycles. The van der Waals surface area contributed by atoms with Crippen LogP contribution in [0, 0.1) is 24.7 Å². The predicted molar refractivity (Wildman–Crippen MR) is 47.8 cm³/mol. The largest absolute Gasteiger partial charge is 0.0625 e. The highest BCUT2D eigenvalue weighted by atomic mass is 14.1. The zero-order valence-corrected chi connectivity index (χ0v) is 7.85. The first kappa shape index (κ1) is 10.0. The molecule has 0 nitrogen and oxygen atoms in total. The van der Waals surface area contributed by atoms with Gasteiger partial charge in [-0.25, -0.2) is 0 Å². The summed E-state index contributed by atoms with van der Waals surface area (Å²) < 4.78 is 0. The highest BCUT2D eigenvalue weighted by molar-refractivity contribution is 4.61. The van der Waals surface area contributed by atoms with Crippen molar-refractivity contribution in [3.63, 3.8) is 0 Å². The molecule has 0 aliphatic heterocycles. The van der Waals surface area contributed by atoms with Gasteiger partial charge in [0.05, 0.1) is 0 Å². The minimum atomic E-state index is 0.626. The maximum Gasteiger partial charge on any atom is -0.0420 e. The highest BCUT2D eigenvalue weighted by Crippen LogP contribution is 2.18. The third-order valence-corrected chi connectivity index (χ3v) is 2.25. The quantitative estimate of drug-likeness (QED) is 0.562. The minimum absolute atomic E-state index is 0.626. The molecule has 0 heterocycles. The summed E-state index contributed by atoms with van der Waals surface area (Å²) in [5.74, 6) is 2.32. The molecule has 0 aromatic rings. The first-order valence-electron chi connectivity index (χ1n) is 4.37. The van der Waals surface area contributed by atoms with Crippen molar-refractivity contribution in [3.8, 4) is 0 Å². The molecule has 0 fully saturated rings. The van der Waals surface area contributed by atoms with E-state index in [4.69, 9.17) is 0 Å². The number of hydrogen-bond acceptors (Lipinski definition) is 0. The SMILES string of the molecule is [CH2]C(C)CCC(C)C(C)C. The molecule has 2 unspecified atom stereocenters. The Kier molecular flexibility index (Phi) is 4.76. The molecule has 0 saturated heterocycles. The van der Waals surface area contributed by atoms with Crippen molar-refractivity contribution in [3.05, 3.63) is 6.92 Å². The van der Waals surface area contributed by atoms with Gasteiger partial charge in [0.2, 0.25) is 0 Å². The molecule has 0 N–H and O–H groups in total. The van der Waals surface area contributed by atoms with E-state index in [-0.39, 0.29) is 0 Å². The maximum atomic E-state index is 3.97. The molecule has 0 rings (SSSR count). The summed E-state index contributed by atoms with van der Waals surface area (Å²) in [5, 5.41) is 0. The Balaban J connectivity index is 3.30. The molecule has 0 aromatic carbocycles. The van der Waals surface area contributed by atoms with E-state index in [1.54, 1.807) is 0 Å². The average molecular weight is 141 g/mol. The number of rotatable bonds is 4. The van der Waals surface area contributed by atoms with Crippen LogP contribution in [-0.2, 0) is 0 Å². The summed E-state index contributed by atoms with van der Waals surface area (Å²) in [6, 6.07) is 0. The lowest BCUT2D eigenvalue weighted by Crippen LogP contribution is -2.04. The van der Waals surface area contributed by atoms with Crippen molar-refractivity contribution in [2.75, 3.05) is 0 Å². The van der Waals surface area contributed by atoms with E-state index in [1.807, 2.05) is 0 Å². The first-order chi connectivity index (χ1) is 4.54. The summed E-state index contributed by atoms with van der Waals surface area (Å²) in [7, 11) is 0. The van der Waals surface area contributed by atoms with Crippen LogP contribution in [0.1, 0.15) is 40.5 Å². The standard InChI is InChI=1S/C10H21/c1-8(2)6-7-10(5)9(3)4/h8-10H,1,6-7H2,2-5H3. The fraction of sp³-hybridized carbons (Fsp3) is 0.900. The van der Waals surface area contributed by atoms with E-state index in [0.29, 0.717) is 5.92 Å². The van der Waals surface area contributed by atoms with Crippen LogP contribution in [0.3, 0.4) is 0 Å². The van der Waals surface area contributed by atoms with Gasteiger partial charge in [0.15, 0.2) is 0 Å². The highest BCUT2D eigenvalue weighted by Gasteiger charge is 2.06. The van der Waals surface area contributed by atoms with Crippen molar-refractivity contribution in [1.29, 1.82) is 0 Å². The van der Waals surface area contributed by atoms with Crippen LogP contribution in [0.15, 0.2) is 0 Å². The van der Waals surface area contributed by atoms with Crippen LogP contribution in [0.4, 0.5) is 0 Å². The van der Waals surface area contributed by atoms with Gasteiger partial charge in [0, 0.05) is 0 Å². The Hall–Kier alpha value is 0. The van der Waals surface area contributed by atoms with E-state index in [1.165, 1.54) is 12.8 Å². The van der Waals surface area contributed by atoms with Gasteiger partial charge in [0.1, 0.15) is 0 Å². The molecule has 0 amide bonds. The first-order valence-corrected chi connectivity index (χ1v) is 4.37. The molecular weight excluding hydrogens is 120 g/mol. The normalized spacial score (nSPS) is 14.7. The van der Waals surface area contributed by atoms with Crippen LogP contribution >= 0.6 is 0 Å². The second-order valence-electron chi connectivity index (χ2n) is 3.90. The van der Waals surface area contributed by atoms with Crippen molar-refractivity contribution in [2.24, 2.45) is 17.8 Å². The zero-order chi connectivity index (χ0) is 8.15. The Morgan fingerprint density at radius 3 is 1.80 bits per heavy atom. The van der Waals surface area contributed by atoms with Gasteiger partial charge in [0.25, 0.3) is 0 Å². The summed E-state index contributed by atoms with van der Waals surface area (Å²) in [6.45, 7) is 13.1. The molecule has 1 radical (unpaired) electrons. The van der Waals surface area contributed by atoms with Crippen molar-refractivity contribution in [1.82, 2.24) is 0 Å². The summed E-state index contributed by atoms with van der Waals surface area (Å²) in [5.41, 5.74) is 0. The molecule has 0 aromatic heterocycles. The Morgan fingerprint density at radius 1 is 1.00 bits per heavy atom. The van der Waals surface area contributed by atoms with Gasteiger partial charge in [-0.1, -0.05) is 47.5 Å². The lowest BCUT2D eigenvalue weighted by Gasteiger charge is -2.15. The third kappa shape index (κ3) is 4.84. The molecule has 10 heavy (non-hydrogen) atoms. The Bertz CT molecular complexity index is 72.1. The fourth-order valence-electron chi connectivity index (χ4n) is 0.881. The molecule has 0 heteroatoms. The lowest BCUT2D eigenvalue weighted by molar-refractivity contribution is 0.366. The van der Waals surface area contributed by atoms with Crippen LogP contribution in [0.2, 0.25) is 0 Å². The van der Waals surface area contributed by atoms with E-state index in [9.17, 15) is 0 Å². The topological polar surface area (TPSA) is 0 Å². The average Bonchev–Trinajstić information content (AvgIpc) is 1.82. The van der Waals surface area contributed by atoms with Crippen molar-refractivity contribution >= 4 is 0 Å². The van der Waals surface area contributed by atoms with Gasteiger partial charge in [-0.05, 0) is 17.8 Å². The van der Waals surface area contributed by atoms with Gasteiger partial charge in [-0.2, -0.15) is 0 Å². The van der Waals surface area contributed by atoms with E-state index < -0.39 is 0 Å². The van der Waals surface area contributed by atoms with Crippen molar-refractivity contribution < 1.29 is 0 Å². The van der Waals surface area contributed by atoms with Crippen LogP contribution in [0.25, 0.3) is 0 Å². The molecule has 0 bridgehead atoms. The van der Waals surface area contributed by atoms with E-state index >= 15 is 0 Å². The lowest BCUT2D eigenvalue weighted by atomic mass is 9.91. The Labute approximate surface area is 66.0 Å². The molecule has 0 spiro atoms. The molecule has 2 atom stereocenters. The van der Waals surface area contributed by atoms with Crippen LogP contribution in [-0.4, -0.2) is 0 Å². The van der Waals surface area contributed by atoms with E-state index in [2.05, 4.69) is 34.6 Å². The molecule has 0 saturated carbocycles. The van der Waals surface area contributed by atoms with Gasteiger partial charge in [-0.3, -0.25) is 0 Å². The number of hydrogen-bond donors (Lipinski definition) is 0. The second-order valence-corrected chi connectivity index (χ2v) is 3.90. The van der Waals surface area contributed by atoms with Gasteiger partial charge in [-0.15, -0.1) is 0 Å².